The van der Waals surface area contributed by atoms with Crippen LogP contribution >= 0.6 is 0 Å². The maximum absolute atomic E-state index is 11.8. The third-order valence-corrected chi connectivity index (χ3v) is 2.97. The van der Waals surface area contributed by atoms with E-state index in [1.807, 2.05) is 12.1 Å². The molecule has 1 unspecified atom stereocenters. The van der Waals surface area contributed by atoms with Crippen LogP contribution in [0.25, 0.3) is 0 Å². The Bertz CT molecular complexity index is 370. The van der Waals surface area contributed by atoms with Gasteiger partial charge >= 0.3 is 0 Å². The van der Waals surface area contributed by atoms with Crippen LogP contribution in [0, 0.1) is 0 Å². The van der Waals surface area contributed by atoms with Gasteiger partial charge in [-0.1, -0.05) is 12.1 Å². The van der Waals surface area contributed by atoms with Crippen molar-refractivity contribution in [2.45, 2.75) is 25.5 Å². The van der Waals surface area contributed by atoms with Gasteiger partial charge in [0.25, 0.3) is 5.91 Å². The minimum absolute atomic E-state index is 0.0518. The van der Waals surface area contributed by atoms with Crippen LogP contribution < -0.4 is 11.1 Å². The van der Waals surface area contributed by atoms with Gasteiger partial charge in [0.2, 0.25) is 0 Å². The number of rotatable bonds is 4. The van der Waals surface area contributed by atoms with Gasteiger partial charge in [-0.3, -0.25) is 4.79 Å². The molecule has 0 saturated carbocycles. The number of ether oxygens (including phenoxy) is 1. The number of carbonyl (C=O) groups is 1. The van der Waals surface area contributed by atoms with Gasteiger partial charge in [0.15, 0.2) is 0 Å². The maximum Gasteiger partial charge on any atom is 0.251 e. The van der Waals surface area contributed by atoms with Gasteiger partial charge in [-0.05, 0) is 30.5 Å². The van der Waals surface area contributed by atoms with Crippen LogP contribution in [-0.2, 0) is 11.3 Å². The summed E-state index contributed by atoms with van der Waals surface area (Å²) in [7, 11) is 0. The van der Waals surface area contributed by atoms with Crippen molar-refractivity contribution in [1.29, 1.82) is 0 Å². The minimum atomic E-state index is -0.0518. The molecule has 0 bridgehead atoms. The molecule has 1 aliphatic rings. The van der Waals surface area contributed by atoms with Gasteiger partial charge in [-0.15, -0.1) is 0 Å². The van der Waals surface area contributed by atoms with Gasteiger partial charge in [0.1, 0.15) is 0 Å². The molecule has 1 aliphatic heterocycles. The molecule has 17 heavy (non-hydrogen) atoms. The molecule has 1 aromatic rings. The summed E-state index contributed by atoms with van der Waals surface area (Å²) in [6, 6.07) is 7.35. The Hall–Kier alpha value is -1.39. The van der Waals surface area contributed by atoms with E-state index in [0.29, 0.717) is 18.7 Å². The molecular formula is C13H18N2O2. The Kier molecular flexibility index (Phi) is 4.12. The zero-order valence-corrected chi connectivity index (χ0v) is 9.82. The van der Waals surface area contributed by atoms with Crippen molar-refractivity contribution in [3.63, 3.8) is 0 Å². The van der Waals surface area contributed by atoms with Gasteiger partial charge < -0.3 is 15.8 Å². The van der Waals surface area contributed by atoms with E-state index in [1.165, 1.54) is 0 Å². The van der Waals surface area contributed by atoms with Crippen LogP contribution in [0.5, 0.6) is 0 Å². The summed E-state index contributed by atoms with van der Waals surface area (Å²) in [6.45, 7) is 1.90. The molecule has 1 atom stereocenters. The molecule has 1 saturated heterocycles. The lowest BCUT2D eigenvalue weighted by Crippen LogP contribution is -2.31. The number of hydrogen-bond acceptors (Lipinski definition) is 3. The van der Waals surface area contributed by atoms with Crippen molar-refractivity contribution in [3.05, 3.63) is 35.4 Å². The monoisotopic (exact) mass is 234 g/mol. The zero-order chi connectivity index (χ0) is 12.1. The number of carbonyl (C=O) groups excluding carboxylic acids is 1. The molecule has 1 heterocycles. The summed E-state index contributed by atoms with van der Waals surface area (Å²) < 4.78 is 5.44. The fourth-order valence-electron chi connectivity index (χ4n) is 1.91. The topological polar surface area (TPSA) is 64.4 Å². The molecule has 0 aliphatic carbocycles. The van der Waals surface area contributed by atoms with E-state index < -0.39 is 0 Å². The highest BCUT2D eigenvalue weighted by molar-refractivity contribution is 5.94. The summed E-state index contributed by atoms with van der Waals surface area (Å²) in [6.07, 6.45) is 2.31. The van der Waals surface area contributed by atoms with Crippen LogP contribution in [0.2, 0.25) is 0 Å². The Morgan fingerprint density at radius 3 is 2.76 bits per heavy atom. The van der Waals surface area contributed by atoms with Crippen molar-refractivity contribution >= 4 is 5.91 Å². The molecule has 1 fully saturated rings. The van der Waals surface area contributed by atoms with E-state index in [0.717, 1.165) is 25.0 Å². The standard InChI is InChI=1S/C13H18N2O2/c14-8-10-3-5-11(6-4-10)13(16)15-9-12-2-1-7-17-12/h3-6,12H,1-2,7-9,14H2,(H,15,16). The quantitative estimate of drug-likeness (QED) is 0.818. The lowest BCUT2D eigenvalue weighted by atomic mass is 10.1. The maximum atomic E-state index is 11.8. The number of benzene rings is 1. The molecule has 4 nitrogen and oxygen atoms in total. The predicted octanol–water partition coefficient (Wildman–Crippen LogP) is 1.05. The Morgan fingerprint density at radius 2 is 2.18 bits per heavy atom. The van der Waals surface area contributed by atoms with Crippen molar-refractivity contribution in [1.82, 2.24) is 5.32 Å². The molecule has 4 heteroatoms. The van der Waals surface area contributed by atoms with Crippen LogP contribution in [-0.4, -0.2) is 25.2 Å². The average Bonchev–Trinajstić information content (AvgIpc) is 2.89. The number of amides is 1. The summed E-state index contributed by atoms with van der Waals surface area (Å²) in [5.41, 5.74) is 7.20. The van der Waals surface area contributed by atoms with Crippen molar-refractivity contribution < 1.29 is 9.53 Å². The van der Waals surface area contributed by atoms with E-state index in [9.17, 15) is 4.79 Å². The van der Waals surface area contributed by atoms with Crippen LogP contribution in [0.1, 0.15) is 28.8 Å². The summed E-state index contributed by atoms with van der Waals surface area (Å²) in [5.74, 6) is -0.0518. The van der Waals surface area contributed by atoms with Gasteiger partial charge in [0.05, 0.1) is 6.10 Å². The number of nitrogens with two attached hydrogens (primary N) is 1. The highest BCUT2D eigenvalue weighted by Gasteiger charge is 2.16. The molecular weight excluding hydrogens is 216 g/mol. The van der Waals surface area contributed by atoms with Crippen LogP contribution in [0.15, 0.2) is 24.3 Å². The lowest BCUT2D eigenvalue weighted by Gasteiger charge is -2.10. The largest absolute Gasteiger partial charge is 0.376 e. The Balaban J connectivity index is 1.85. The van der Waals surface area contributed by atoms with Gasteiger partial charge in [-0.2, -0.15) is 0 Å². The van der Waals surface area contributed by atoms with E-state index in [-0.39, 0.29) is 12.0 Å². The van der Waals surface area contributed by atoms with E-state index >= 15 is 0 Å². The van der Waals surface area contributed by atoms with Gasteiger partial charge in [-0.25, -0.2) is 0 Å². The third kappa shape index (κ3) is 3.28. The second-order valence-corrected chi connectivity index (χ2v) is 4.25. The predicted molar refractivity (Wildman–Crippen MR) is 65.6 cm³/mol. The normalized spacial score (nSPS) is 19.2. The molecule has 92 valence electrons. The first-order valence-electron chi connectivity index (χ1n) is 5.98. The Labute approximate surface area is 101 Å². The molecule has 1 aromatic carbocycles. The van der Waals surface area contributed by atoms with Crippen molar-refractivity contribution in [2.75, 3.05) is 13.2 Å². The molecule has 0 radical (unpaired) electrons. The van der Waals surface area contributed by atoms with Crippen LogP contribution in [0.3, 0.4) is 0 Å². The summed E-state index contributed by atoms with van der Waals surface area (Å²) in [4.78, 5) is 11.8. The van der Waals surface area contributed by atoms with E-state index in [4.69, 9.17) is 10.5 Å². The lowest BCUT2D eigenvalue weighted by molar-refractivity contribution is 0.0858. The minimum Gasteiger partial charge on any atom is -0.376 e. The van der Waals surface area contributed by atoms with E-state index in [1.54, 1.807) is 12.1 Å². The molecule has 0 spiro atoms. The second-order valence-electron chi connectivity index (χ2n) is 4.25. The molecule has 2 rings (SSSR count). The Morgan fingerprint density at radius 1 is 1.41 bits per heavy atom. The fourth-order valence-corrected chi connectivity index (χ4v) is 1.91. The third-order valence-electron chi connectivity index (χ3n) is 2.97. The van der Waals surface area contributed by atoms with Crippen molar-refractivity contribution in [3.8, 4) is 0 Å². The molecule has 3 N–H and O–H groups in total. The zero-order valence-electron chi connectivity index (χ0n) is 9.82. The highest BCUT2D eigenvalue weighted by Crippen LogP contribution is 2.11. The fraction of sp³-hybridized carbons (Fsp3) is 0.462. The second kappa shape index (κ2) is 5.80. The van der Waals surface area contributed by atoms with Crippen molar-refractivity contribution in [2.24, 2.45) is 5.73 Å². The first-order valence-corrected chi connectivity index (χ1v) is 5.98. The smallest absolute Gasteiger partial charge is 0.251 e. The SMILES string of the molecule is NCc1ccc(C(=O)NCC2CCCO2)cc1. The molecule has 1 amide bonds. The first-order chi connectivity index (χ1) is 8.29. The van der Waals surface area contributed by atoms with E-state index in [2.05, 4.69) is 5.32 Å². The number of nitrogens with one attached hydrogen (secondary N) is 1. The number of hydrogen-bond donors (Lipinski definition) is 2. The first kappa shape index (κ1) is 12.1. The highest BCUT2D eigenvalue weighted by atomic mass is 16.5. The summed E-state index contributed by atoms with van der Waals surface area (Å²) in [5, 5.41) is 2.88. The summed E-state index contributed by atoms with van der Waals surface area (Å²) >= 11 is 0. The van der Waals surface area contributed by atoms with Crippen LogP contribution in [0.4, 0.5) is 0 Å². The van der Waals surface area contributed by atoms with Gasteiger partial charge in [0, 0.05) is 25.3 Å². The molecule has 0 aromatic heterocycles. The average molecular weight is 234 g/mol.